The number of carbonyl (C=O) groups is 1. The van der Waals surface area contributed by atoms with Crippen LogP contribution in [-0.2, 0) is 11.3 Å². The third-order valence-corrected chi connectivity index (χ3v) is 2.36. The molecule has 0 heterocycles. The van der Waals surface area contributed by atoms with E-state index in [9.17, 15) is 14.9 Å². The number of nitro groups is 1. The van der Waals surface area contributed by atoms with Crippen LogP contribution in [0.3, 0.4) is 0 Å². The first-order valence-corrected chi connectivity index (χ1v) is 5.24. The van der Waals surface area contributed by atoms with Gasteiger partial charge in [0.15, 0.2) is 0 Å². The Kier molecular flexibility index (Phi) is 5.06. The van der Waals surface area contributed by atoms with Gasteiger partial charge in [-0.2, -0.15) is 0 Å². The summed E-state index contributed by atoms with van der Waals surface area (Å²) in [5.41, 5.74) is 0.677. The Morgan fingerprint density at radius 3 is 2.50 bits per heavy atom. The third kappa shape index (κ3) is 4.02. The molecule has 0 aliphatic heterocycles. The zero-order valence-electron chi connectivity index (χ0n) is 9.91. The molecule has 1 amide bonds. The number of hydrogen-bond donors (Lipinski definition) is 1. The second-order valence-electron chi connectivity index (χ2n) is 3.62. The minimum absolute atomic E-state index is 0.0162. The van der Waals surface area contributed by atoms with E-state index in [0.717, 1.165) is 0 Å². The molecule has 98 valence electrons. The molecule has 7 heteroatoms. The maximum absolute atomic E-state index is 10.9. The van der Waals surface area contributed by atoms with E-state index in [1.165, 1.54) is 24.1 Å². The number of amides is 1. The molecular formula is C11H14N2O5. The second kappa shape index (κ2) is 6.55. The van der Waals surface area contributed by atoms with Gasteiger partial charge in [0.1, 0.15) is 0 Å². The second-order valence-corrected chi connectivity index (χ2v) is 3.62. The average Bonchev–Trinajstić information content (AvgIpc) is 2.34. The van der Waals surface area contributed by atoms with Gasteiger partial charge in [0.2, 0.25) is 0 Å². The zero-order chi connectivity index (χ0) is 13.5. The van der Waals surface area contributed by atoms with Crippen molar-refractivity contribution in [1.82, 2.24) is 4.90 Å². The number of benzene rings is 1. The number of methoxy groups -OCH3 is 1. The van der Waals surface area contributed by atoms with Crippen LogP contribution in [0.2, 0.25) is 0 Å². The molecule has 0 saturated heterocycles. The molecule has 0 bridgehead atoms. The van der Waals surface area contributed by atoms with Gasteiger partial charge in [-0.25, -0.2) is 4.79 Å². The molecule has 0 aliphatic rings. The molecule has 0 fully saturated rings. The Morgan fingerprint density at radius 2 is 2.06 bits per heavy atom. The van der Waals surface area contributed by atoms with Gasteiger partial charge in [-0.3, -0.25) is 10.1 Å². The molecule has 1 aromatic carbocycles. The summed E-state index contributed by atoms with van der Waals surface area (Å²) in [7, 11) is 1.49. The summed E-state index contributed by atoms with van der Waals surface area (Å²) in [5, 5.41) is 19.4. The van der Waals surface area contributed by atoms with Gasteiger partial charge >= 0.3 is 6.09 Å². The summed E-state index contributed by atoms with van der Waals surface area (Å²) >= 11 is 0. The smallest absolute Gasteiger partial charge is 0.407 e. The summed E-state index contributed by atoms with van der Waals surface area (Å²) in [6.45, 7) is 0.735. The fourth-order valence-corrected chi connectivity index (χ4v) is 1.39. The molecule has 0 aromatic heterocycles. The van der Waals surface area contributed by atoms with Crippen molar-refractivity contribution in [2.75, 3.05) is 20.3 Å². The number of nitrogens with zero attached hydrogens (tertiary/aromatic N) is 2. The first-order chi connectivity index (χ1) is 8.54. The molecule has 1 aromatic rings. The topological polar surface area (TPSA) is 92.9 Å². The van der Waals surface area contributed by atoms with E-state index in [1.54, 1.807) is 12.1 Å². The lowest BCUT2D eigenvalue weighted by molar-refractivity contribution is -0.384. The van der Waals surface area contributed by atoms with Crippen LogP contribution in [0.1, 0.15) is 5.56 Å². The van der Waals surface area contributed by atoms with E-state index in [-0.39, 0.29) is 18.8 Å². The number of carboxylic acid groups (broad SMARTS) is 1. The van der Waals surface area contributed by atoms with E-state index in [1.807, 2.05) is 0 Å². The Morgan fingerprint density at radius 1 is 1.44 bits per heavy atom. The number of rotatable bonds is 6. The molecule has 0 spiro atoms. The summed E-state index contributed by atoms with van der Waals surface area (Å²) in [6.07, 6.45) is -1.05. The summed E-state index contributed by atoms with van der Waals surface area (Å²) < 4.78 is 4.82. The van der Waals surface area contributed by atoms with Crippen LogP contribution < -0.4 is 0 Å². The molecule has 0 radical (unpaired) electrons. The predicted octanol–water partition coefficient (Wildman–Crippen LogP) is 1.72. The van der Waals surface area contributed by atoms with E-state index in [4.69, 9.17) is 9.84 Å². The van der Waals surface area contributed by atoms with Gasteiger partial charge in [-0.05, 0) is 5.56 Å². The highest BCUT2D eigenvalue weighted by Gasteiger charge is 2.12. The number of hydrogen-bond acceptors (Lipinski definition) is 4. The van der Waals surface area contributed by atoms with Gasteiger partial charge in [0, 0.05) is 32.3 Å². The van der Waals surface area contributed by atoms with Crippen LogP contribution in [0.4, 0.5) is 10.5 Å². The average molecular weight is 254 g/mol. The number of ether oxygens (including phenoxy) is 1. The quantitative estimate of drug-likeness (QED) is 0.616. The maximum Gasteiger partial charge on any atom is 0.407 e. The third-order valence-electron chi connectivity index (χ3n) is 2.36. The molecule has 0 aliphatic carbocycles. The fraction of sp³-hybridized carbons (Fsp3) is 0.364. The predicted molar refractivity (Wildman–Crippen MR) is 63.4 cm³/mol. The molecule has 0 unspecified atom stereocenters. The zero-order valence-corrected chi connectivity index (χ0v) is 9.91. The molecule has 7 nitrogen and oxygen atoms in total. The molecule has 0 atom stereocenters. The first kappa shape index (κ1) is 13.9. The van der Waals surface area contributed by atoms with Crippen LogP contribution >= 0.6 is 0 Å². The first-order valence-electron chi connectivity index (χ1n) is 5.24. The van der Waals surface area contributed by atoms with Crippen molar-refractivity contribution in [3.8, 4) is 0 Å². The molecule has 18 heavy (non-hydrogen) atoms. The molecule has 1 N–H and O–H groups in total. The van der Waals surface area contributed by atoms with Crippen LogP contribution in [0.15, 0.2) is 24.3 Å². The van der Waals surface area contributed by atoms with Crippen molar-refractivity contribution in [2.24, 2.45) is 0 Å². The maximum atomic E-state index is 10.9. The lowest BCUT2D eigenvalue weighted by Crippen LogP contribution is -2.31. The van der Waals surface area contributed by atoms with Crippen molar-refractivity contribution >= 4 is 11.8 Å². The van der Waals surface area contributed by atoms with Crippen molar-refractivity contribution in [1.29, 1.82) is 0 Å². The van der Waals surface area contributed by atoms with Crippen LogP contribution in [0, 0.1) is 10.1 Å². The minimum atomic E-state index is -1.05. The van der Waals surface area contributed by atoms with Crippen molar-refractivity contribution in [2.45, 2.75) is 6.54 Å². The molecule has 1 rings (SSSR count). The Labute approximate surface area is 104 Å². The van der Waals surface area contributed by atoms with Gasteiger partial charge < -0.3 is 14.7 Å². The standard InChI is InChI=1S/C11H14N2O5/c1-18-7-6-12(11(14)15)8-9-2-4-10(5-3-9)13(16)17/h2-5H,6-8H2,1H3,(H,14,15). The van der Waals surface area contributed by atoms with Crippen LogP contribution in [0.25, 0.3) is 0 Å². The highest BCUT2D eigenvalue weighted by Crippen LogP contribution is 2.13. The largest absolute Gasteiger partial charge is 0.465 e. The summed E-state index contributed by atoms with van der Waals surface area (Å²) in [5.74, 6) is 0. The number of nitro benzene ring substituents is 1. The highest BCUT2D eigenvalue weighted by atomic mass is 16.6. The van der Waals surface area contributed by atoms with Crippen LogP contribution in [0.5, 0.6) is 0 Å². The van der Waals surface area contributed by atoms with E-state index < -0.39 is 11.0 Å². The lowest BCUT2D eigenvalue weighted by atomic mass is 10.2. The van der Waals surface area contributed by atoms with Gasteiger partial charge in [-0.1, -0.05) is 12.1 Å². The van der Waals surface area contributed by atoms with Gasteiger partial charge in [-0.15, -0.1) is 0 Å². The lowest BCUT2D eigenvalue weighted by Gasteiger charge is -2.18. The van der Waals surface area contributed by atoms with E-state index >= 15 is 0 Å². The van der Waals surface area contributed by atoms with Crippen molar-refractivity contribution < 1.29 is 19.6 Å². The monoisotopic (exact) mass is 254 g/mol. The number of non-ortho nitro benzene ring substituents is 1. The normalized spacial score (nSPS) is 10.1. The SMILES string of the molecule is COCCN(Cc1ccc([N+](=O)[O-])cc1)C(=O)O. The molecule has 0 saturated carbocycles. The van der Waals surface area contributed by atoms with Crippen LogP contribution in [-0.4, -0.2) is 41.3 Å². The summed E-state index contributed by atoms with van der Waals surface area (Å²) in [4.78, 5) is 22.1. The van der Waals surface area contributed by atoms with Crippen molar-refractivity contribution in [3.05, 3.63) is 39.9 Å². The fourth-order valence-electron chi connectivity index (χ4n) is 1.39. The van der Waals surface area contributed by atoms with Gasteiger partial charge in [0.05, 0.1) is 11.5 Å². The highest BCUT2D eigenvalue weighted by molar-refractivity contribution is 5.65. The van der Waals surface area contributed by atoms with E-state index in [2.05, 4.69) is 0 Å². The van der Waals surface area contributed by atoms with Crippen molar-refractivity contribution in [3.63, 3.8) is 0 Å². The minimum Gasteiger partial charge on any atom is -0.465 e. The Bertz CT molecular complexity index is 418. The Hall–Kier alpha value is -2.15. The van der Waals surface area contributed by atoms with Gasteiger partial charge in [0.25, 0.3) is 5.69 Å². The van der Waals surface area contributed by atoms with E-state index in [0.29, 0.717) is 12.2 Å². The summed E-state index contributed by atoms with van der Waals surface area (Å²) in [6, 6.07) is 5.79. The Balaban J connectivity index is 2.68. The molecular weight excluding hydrogens is 240 g/mol.